The fourth-order valence-electron chi connectivity index (χ4n) is 1.48. The van der Waals surface area contributed by atoms with Gasteiger partial charge in [0.1, 0.15) is 0 Å². The summed E-state index contributed by atoms with van der Waals surface area (Å²) in [5.74, 6) is -2.76. The van der Waals surface area contributed by atoms with Gasteiger partial charge in [-0.05, 0) is 12.8 Å². The third-order valence-electron chi connectivity index (χ3n) is 2.27. The molecule has 1 aliphatic carbocycles. The number of hydroxylamine groups is 1. The minimum Gasteiger partial charge on any atom is -0.481 e. The molecule has 0 saturated carbocycles. The Morgan fingerprint density at radius 2 is 2.07 bits per heavy atom. The van der Waals surface area contributed by atoms with Crippen LogP contribution in [0.3, 0.4) is 0 Å². The largest absolute Gasteiger partial charge is 0.481 e. The second kappa shape index (κ2) is 4.21. The van der Waals surface area contributed by atoms with E-state index < -0.39 is 23.9 Å². The summed E-state index contributed by atoms with van der Waals surface area (Å²) in [5, 5.41) is 26.1. The molecule has 0 aromatic rings. The summed E-state index contributed by atoms with van der Waals surface area (Å²) in [5.41, 5.74) is 1.83. The molecule has 0 aliphatic heterocycles. The van der Waals surface area contributed by atoms with Gasteiger partial charge in [-0.15, -0.1) is 0 Å². The van der Waals surface area contributed by atoms with Gasteiger partial charge in [-0.1, -0.05) is 6.08 Å². The first kappa shape index (κ1) is 10.7. The molecular weight excluding hydrogens is 190 g/mol. The first-order valence-corrected chi connectivity index (χ1v) is 4.12. The highest BCUT2D eigenvalue weighted by Crippen LogP contribution is 2.24. The molecule has 2 unspecified atom stereocenters. The van der Waals surface area contributed by atoms with Gasteiger partial charge < -0.3 is 15.4 Å². The van der Waals surface area contributed by atoms with Crippen molar-refractivity contribution >= 4 is 11.9 Å². The number of carbonyl (C=O) groups is 2. The molecule has 6 heteroatoms. The zero-order chi connectivity index (χ0) is 10.7. The van der Waals surface area contributed by atoms with Crippen molar-refractivity contribution in [2.24, 2.45) is 5.92 Å². The van der Waals surface area contributed by atoms with E-state index in [4.69, 9.17) is 15.4 Å². The second-order valence-electron chi connectivity index (χ2n) is 3.15. The molecule has 0 fully saturated rings. The predicted molar refractivity (Wildman–Crippen MR) is 44.8 cm³/mol. The van der Waals surface area contributed by atoms with Crippen molar-refractivity contribution in [1.29, 1.82) is 0 Å². The normalized spacial score (nSPS) is 26.8. The van der Waals surface area contributed by atoms with Crippen molar-refractivity contribution in [3.63, 3.8) is 0 Å². The van der Waals surface area contributed by atoms with Crippen molar-refractivity contribution in [3.8, 4) is 0 Å². The van der Waals surface area contributed by atoms with E-state index in [0.29, 0.717) is 0 Å². The minimum absolute atomic E-state index is 0.0185. The molecule has 0 aromatic carbocycles. The molecule has 0 amide bonds. The number of carboxylic acid groups (broad SMARTS) is 2. The lowest BCUT2D eigenvalue weighted by Crippen LogP contribution is -2.37. The van der Waals surface area contributed by atoms with Crippen molar-refractivity contribution in [2.75, 3.05) is 0 Å². The van der Waals surface area contributed by atoms with Gasteiger partial charge in [0.25, 0.3) is 0 Å². The zero-order valence-electron chi connectivity index (χ0n) is 7.30. The zero-order valence-corrected chi connectivity index (χ0v) is 7.30. The number of aliphatic carboxylic acids is 2. The Morgan fingerprint density at radius 3 is 2.50 bits per heavy atom. The maximum Gasteiger partial charge on any atom is 0.332 e. The van der Waals surface area contributed by atoms with Gasteiger partial charge in [0.15, 0.2) is 0 Å². The van der Waals surface area contributed by atoms with Gasteiger partial charge >= 0.3 is 11.9 Å². The predicted octanol–water partition coefficient (Wildman–Crippen LogP) is -0.161. The van der Waals surface area contributed by atoms with E-state index in [0.717, 1.165) is 0 Å². The second-order valence-corrected chi connectivity index (χ2v) is 3.15. The summed E-state index contributed by atoms with van der Waals surface area (Å²) in [6, 6.07) is -0.803. The number of rotatable bonds is 3. The minimum atomic E-state index is -1.14. The average molecular weight is 201 g/mol. The van der Waals surface area contributed by atoms with Crippen molar-refractivity contribution in [2.45, 2.75) is 18.9 Å². The Balaban J connectivity index is 2.80. The van der Waals surface area contributed by atoms with Crippen LogP contribution in [0.2, 0.25) is 0 Å². The van der Waals surface area contributed by atoms with Gasteiger partial charge in [0.05, 0.1) is 17.5 Å². The van der Waals surface area contributed by atoms with E-state index in [-0.39, 0.29) is 18.4 Å². The van der Waals surface area contributed by atoms with Gasteiger partial charge in [0.2, 0.25) is 0 Å². The van der Waals surface area contributed by atoms with Crippen molar-refractivity contribution in [1.82, 2.24) is 5.48 Å². The molecule has 1 aliphatic rings. The highest BCUT2D eigenvalue weighted by molar-refractivity contribution is 5.88. The number of hydrogen-bond acceptors (Lipinski definition) is 4. The maximum absolute atomic E-state index is 10.6. The number of carboxylic acids is 2. The van der Waals surface area contributed by atoms with Crippen LogP contribution in [0.5, 0.6) is 0 Å². The molecule has 0 aromatic heterocycles. The van der Waals surface area contributed by atoms with E-state index in [1.807, 2.05) is 5.48 Å². The third-order valence-corrected chi connectivity index (χ3v) is 2.27. The molecule has 0 radical (unpaired) electrons. The Bertz CT molecular complexity index is 285. The van der Waals surface area contributed by atoms with Crippen LogP contribution >= 0.6 is 0 Å². The standard InChI is InChI=1S/C8H11NO5/c10-7(11)4-1-2-5(8(12)13)6(3-4)9-14/h2,4,6,9,14H,1,3H2,(H,10,11)(H,12,13). The van der Waals surface area contributed by atoms with Crippen LogP contribution in [0, 0.1) is 5.92 Å². The molecule has 0 bridgehead atoms. The lowest BCUT2D eigenvalue weighted by Gasteiger charge is -2.24. The fourth-order valence-corrected chi connectivity index (χ4v) is 1.48. The quantitative estimate of drug-likeness (QED) is 0.472. The molecule has 14 heavy (non-hydrogen) atoms. The van der Waals surface area contributed by atoms with Crippen LogP contribution < -0.4 is 5.48 Å². The van der Waals surface area contributed by atoms with Crippen LogP contribution in [0.1, 0.15) is 12.8 Å². The lowest BCUT2D eigenvalue weighted by atomic mass is 9.86. The van der Waals surface area contributed by atoms with Crippen LogP contribution in [0.25, 0.3) is 0 Å². The van der Waals surface area contributed by atoms with E-state index in [9.17, 15) is 9.59 Å². The molecule has 1 rings (SSSR count). The molecule has 0 heterocycles. The molecule has 2 atom stereocenters. The van der Waals surface area contributed by atoms with E-state index >= 15 is 0 Å². The number of nitrogens with one attached hydrogen (secondary N) is 1. The monoisotopic (exact) mass is 201 g/mol. The van der Waals surface area contributed by atoms with E-state index in [1.165, 1.54) is 6.08 Å². The smallest absolute Gasteiger partial charge is 0.332 e. The van der Waals surface area contributed by atoms with Gasteiger partial charge in [-0.2, -0.15) is 5.48 Å². The lowest BCUT2D eigenvalue weighted by molar-refractivity contribution is -0.143. The van der Waals surface area contributed by atoms with Crippen LogP contribution in [0.4, 0.5) is 0 Å². The van der Waals surface area contributed by atoms with E-state index in [2.05, 4.69) is 0 Å². The summed E-state index contributed by atoms with van der Waals surface area (Å²) < 4.78 is 0. The Kier molecular flexibility index (Phi) is 3.21. The highest BCUT2D eigenvalue weighted by atomic mass is 16.5. The third kappa shape index (κ3) is 2.09. The molecular formula is C8H11NO5. The Hall–Kier alpha value is -1.40. The Labute approximate surface area is 79.8 Å². The molecule has 6 nitrogen and oxygen atoms in total. The van der Waals surface area contributed by atoms with Gasteiger partial charge in [-0.25, -0.2) is 4.79 Å². The molecule has 0 saturated heterocycles. The Morgan fingerprint density at radius 1 is 1.43 bits per heavy atom. The van der Waals surface area contributed by atoms with Crippen LogP contribution in [-0.4, -0.2) is 33.4 Å². The van der Waals surface area contributed by atoms with Crippen molar-refractivity contribution < 1.29 is 25.0 Å². The molecule has 78 valence electrons. The summed E-state index contributed by atoms with van der Waals surface area (Å²) in [6.45, 7) is 0. The van der Waals surface area contributed by atoms with Gasteiger partial charge in [0, 0.05) is 0 Å². The van der Waals surface area contributed by atoms with Crippen molar-refractivity contribution in [3.05, 3.63) is 11.6 Å². The summed E-state index contributed by atoms with van der Waals surface area (Å²) in [4.78, 5) is 21.2. The van der Waals surface area contributed by atoms with Crippen LogP contribution in [0.15, 0.2) is 11.6 Å². The summed E-state index contributed by atoms with van der Waals surface area (Å²) in [6.07, 6.45) is 1.61. The first-order chi connectivity index (χ1) is 6.56. The molecule has 4 N–H and O–H groups in total. The SMILES string of the molecule is O=C(O)C1=CCC(C(=O)O)CC1NO. The summed E-state index contributed by atoms with van der Waals surface area (Å²) >= 11 is 0. The topological polar surface area (TPSA) is 107 Å². The van der Waals surface area contributed by atoms with Gasteiger partial charge in [-0.3, -0.25) is 4.79 Å². The molecule has 0 spiro atoms. The highest BCUT2D eigenvalue weighted by Gasteiger charge is 2.31. The fraction of sp³-hybridized carbons (Fsp3) is 0.500. The van der Waals surface area contributed by atoms with Crippen LogP contribution in [-0.2, 0) is 9.59 Å². The maximum atomic E-state index is 10.6. The first-order valence-electron chi connectivity index (χ1n) is 4.12. The number of hydrogen-bond donors (Lipinski definition) is 4. The number of allylic oxidation sites excluding steroid dienone is 1. The average Bonchev–Trinajstić information content (AvgIpc) is 2.16. The van der Waals surface area contributed by atoms with E-state index in [1.54, 1.807) is 0 Å². The summed E-state index contributed by atoms with van der Waals surface area (Å²) in [7, 11) is 0.